The molecule has 0 amide bonds. The summed E-state index contributed by atoms with van der Waals surface area (Å²) in [6.07, 6.45) is -6.59. The summed E-state index contributed by atoms with van der Waals surface area (Å²) in [5.74, 6) is -5.68. The fourth-order valence-corrected chi connectivity index (χ4v) is 2.10. The zero-order chi connectivity index (χ0) is 18.5. The quantitative estimate of drug-likeness (QED) is 0.160. The standard InChI is InChI=1S/C12H17N3O9/c1-5(16)21-9-8(4-14-15-13)24-11(23-7(3)18)12(19,20)10(9)22-6(2)17/h8-11,19-20H,4H2,1-3H3/t8-,9+,10+,11+/m1/s1. The third kappa shape index (κ3) is 4.80. The average molecular weight is 347 g/mol. The van der Waals surface area contributed by atoms with Crippen LogP contribution in [0.1, 0.15) is 20.8 Å². The van der Waals surface area contributed by atoms with Gasteiger partial charge < -0.3 is 29.2 Å². The summed E-state index contributed by atoms with van der Waals surface area (Å²) in [4.78, 5) is 36.2. The average Bonchev–Trinajstić information content (AvgIpc) is 2.43. The Balaban J connectivity index is 3.26. The van der Waals surface area contributed by atoms with Gasteiger partial charge in [-0.2, -0.15) is 0 Å². The summed E-state index contributed by atoms with van der Waals surface area (Å²) < 4.78 is 19.6. The Morgan fingerprint density at radius 1 is 1.12 bits per heavy atom. The third-order valence-corrected chi connectivity index (χ3v) is 2.92. The van der Waals surface area contributed by atoms with Crippen molar-refractivity contribution in [3.63, 3.8) is 0 Å². The van der Waals surface area contributed by atoms with Crippen LogP contribution in [-0.2, 0) is 33.3 Å². The van der Waals surface area contributed by atoms with Gasteiger partial charge in [-0.15, -0.1) is 0 Å². The molecule has 4 atom stereocenters. The number of rotatable bonds is 5. The summed E-state index contributed by atoms with van der Waals surface area (Å²) in [6.45, 7) is 2.59. The van der Waals surface area contributed by atoms with Crippen molar-refractivity contribution in [2.24, 2.45) is 5.11 Å². The minimum Gasteiger partial charge on any atom is -0.456 e. The number of hydrogen-bond acceptors (Lipinski definition) is 10. The highest BCUT2D eigenvalue weighted by Crippen LogP contribution is 2.33. The summed E-state index contributed by atoms with van der Waals surface area (Å²) in [5.41, 5.74) is 8.42. The van der Waals surface area contributed by atoms with E-state index in [1.54, 1.807) is 0 Å². The first-order valence-electron chi connectivity index (χ1n) is 6.72. The number of nitrogens with zero attached hydrogens (tertiary/aromatic N) is 3. The smallest absolute Gasteiger partial charge is 0.305 e. The summed E-state index contributed by atoms with van der Waals surface area (Å²) >= 11 is 0. The molecule has 2 N–H and O–H groups in total. The number of carbonyl (C=O) groups is 3. The van der Waals surface area contributed by atoms with E-state index in [0.717, 1.165) is 20.8 Å². The van der Waals surface area contributed by atoms with Crippen molar-refractivity contribution in [1.82, 2.24) is 0 Å². The predicted octanol–water partition coefficient (Wildman–Crippen LogP) is -0.871. The predicted molar refractivity (Wildman–Crippen MR) is 72.7 cm³/mol. The van der Waals surface area contributed by atoms with Gasteiger partial charge in [0.1, 0.15) is 6.10 Å². The molecule has 1 saturated heterocycles. The largest absolute Gasteiger partial charge is 0.456 e. The van der Waals surface area contributed by atoms with E-state index in [0.29, 0.717) is 0 Å². The van der Waals surface area contributed by atoms with Crippen LogP contribution in [0.2, 0.25) is 0 Å². The van der Waals surface area contributed by atoms with E-state index in [9.17, 15) is 24.6 Å². The normalized spacial score (nSPS) is 28.2. The summed E-state index contributed by atoms with van der Waals surface area (Å²) in [7, 11) is 0. The van der Waals surface area contributed by atoms with Crippen LogP contribution in [-0.4, -0.2) is 65.1 Å². The minimum absolute atomic E-state index is 0.417. The summed E-state index contributed by atoms with van der Waals surface area (Å²) in [6, 6.07) is 0. The highest BCUT2D eigenvalue weighted by Gasteiger charge is 2.60. The van der Waals surface area contributed by atoms with Crippen molar-refractivity contribution in [3.05, 3.63) is 10.4 Å². The van der Waals surface area contributed by atoms with Crippen molar-refractivity contribution in [2.75, 3.05) is 6.54 Å². The summed E-state index contributed by atoms with van der Waals surface area (Å²) in [5, 5.41) is 23.6. The molecular formula is C12H17N3O9. The van der Waals surface area contributed by atoms with Gasteiger partial charge in [0, 0.05) is 25.7 Å². The zero-order valence-electron chi connectivity index (χ0n) is 13.1. The monoisotopic (exact) mass is 347 g/mol. The van der Waals surface area contributed by atoms with Crippen molar-refractivity contribution >= 4 is 17.9 Å². The van der Waals surface area contributed by atoms with E-state index in [4.69, 9.17) is 19.7 Å². The molecule has 0 aromatic rings. The Morgan fingerprint density at radius 2 is 1.67 bits per heavy atom. The van der Waals surface area contributed by atoms with E-state index in [1.807, 2.05) is 0 Å². The van der Waals surface area contributed by atoms with E-state index >= 15 is 0 Å². The molecule has 0 aromatic carbocycles. The van der Waals surface area contributed by atoms with Gasteiger partial charge >= 0.3 is 17.9 Å². The zero-order valence-corrected chi connectivity index (χ0v) is 13.1. The number of ether oxygens (including phenoxy) is 4. The van der Waals surface area contributed by atoms with Crippen molar-refractivity contribution in [1.29, 1.82) is 0 Å². The Hall–Kier alpha value is -2.40. The fourth-order valence-electron chi connectivity index (χ4n) is 2.10. The maximum absolute atomic E-state index is 11.3. The molecule has 0 unspecified atom stereocenters. The molecule has 1 rings (SSSR count). The molecule has 0 spiro atoms. The topological polar surface area (TPSA) is 177 Å². The van der Waals surface area contributed by atoms with Crippen LogP contribution in [0.25, 0.3) is 10.4 Å². The molecule has 0 aliphatic carbocycles. The Morgan fingerprint density at radius 3 is 2.12 bits per heavy atom. The van der Waals surface area contributed by atoms with Crippen LogP contribution in [0.5, 0.6) is 0 Å². The first-order chi connectivity index (χ1) is 11.1. The highest BCUT2D eigenvalue weighted by molar-refractivity contribution is 5.68. The van der Waals surface area contributed by atoms with Crippen molar-refractivity contribution < 1.29 is 43.5 Å². The number of hydrogen-bond donors (Lipinski definition) is 2. The molecular weight excluding hydrogens is 330 g/mol. The van der Waals surface area contributed by atoms with Crippen LogP contribution >= 0.6 is 0 Å². The van der Waals surface area contributed by atoms with Gasteiger partial charge in [0.2, 0.25) is 6.10 Å². The van der Waals surface area contributed by atoms with Gasteiger partial charge in [-0.3, -0.25) is 14.4 Å². The number of esters is 3. The number of azide groups is 1. The van der Waals surface area contributed by atoms with E-state index in [-0.39, 0.29) is 0 Å². The van der Waals surface area contributed by atoms with Crippen molar-refractivity contribution in [3.8, 4) is 0 Å². The third-order valence-electron chi connectivity index (χ3n) is 2.92. The lowest BCUT2D eigenvalue weighted by atomic mass is 9.95. The van der Waals surface area contributed by atoms with Crippen LogP contribution in [0.4, 0.5) is 0 Å². The van der Waals surface area contributed by atoms with Gasteiger partial charge in [0.15, 0.2) is 6.10 Å². The van der Waals surface area contributed by atoms with Gasteiger partial charge in [-0.25, -0.2) is 0 Å². The van der Waals surface area contributed by atoms with Crippen LogP contribution in [0.15, 0.2) is 5.11 Å². The van der Waals surface area contributed by atoms with Crippen molar-refractivity contribution in [2.45, 2.75) is 51.2 Å². The Bertz CT molecular complexity index is 558. The van der Waals surface area contributed by atoms with Gasteiger partial charge in [0.25, 0.3) is 12.1 Å². The van der Waals surface area contributed by atoms with Gasteiger partial charge in [0.05, 0.1) is 6.54 Å². The maximum atomic E-state index is 11.3. The first kappa shape index (κ1) is 19.6. The molecule has 0 bridgehead atoms. The molecule has 1 aliphatic heterocycles. The molecule has 0 saturated carbocycles. The second-order valence-electron chi connectivity index (χ2n) is 4.92. The lowest BCUT2D eigenvalue weighted by molar-refractivity contribution is -0.393. The van der Waals surface area contributed by atoms with Gasteiger partial charge in [-0.1, -0.05) is 5.11 Å². The van der Waals surface area contributed by atoms with E-state index in [2.05, 4.69) is 14.8 Å². The van der Waals surface area contributed by atoms with E-state index in [1.165, 1.54) is 0 Å². The van der Waals surface area contributed by atoms with Crippen LogP contribution in [0.3, 0.4) is 0 Å². The SMILES string of the molecule is CC(=O)O[C@H]1[C@@H](CN=[N+]=[N-])O[C@H](OC(C)=O)C(O)(O)[C@H]1OC(C)=O. The molecule has 1 aliphatic rings. The lowest BCUT2D eigenvalue weighted by Gasteiger charge is -2.46. The maximum Gasteiger partial charge on any atom is 0.305 e. The second kappa shape index (κ2) is 7.93. The Kier molecular flexibility index (Phi) is 6.49. The molecule has 12 nitrogen and oxygen atoms in total. The Labute approximate surface area is 135 Å². The molecule has 1 fully saturated rings. The molecule has 0 aromatic heterocycles. The van der Waals surface area contributed by atoms with Crippen LogP contribution < -0.4 is 0 Å². The molecule has 24 heavy (non-hydrogen) atoms. The molecule has 0 radical (unpaired) electrons. The molecule has 134 valence electrons. The molecule has 1 heterocycles. The van der Waals surface area contributed by atoms with Gasteiger partial charge in [-0.05, 0) is 5.53 Å². The first-order valence-corrected chi connectivity index (χ1v) is 6.72. The van der Waals surface area contributed by atoms with E-state index < -0.39 is 54.8 Å². The number of aliphatic hydroxyl groups is 2. The number of carbonyl (C=O) groups excluding carboxylic acids is 3. The molecule has 12 heteroatoms. The lowest BCUT2D eigenvalue weighted by Crippen LogP contribution is -2.69. The fraction of sp³-hybridized carbons (Fsp3) is 0.750. The second-order valence-corrected chi connectivity index (χ2v) is 4.92. The minimum atomic E-state index is -3.01. The van der Waals surface area contributed by atoms with Crippen LogP contribution in [0, 0.1) is 0 Å². The highest BCUT2D eigenvalue weighted by atomic mass is 16.8.